The molecule has 2 aliphatic carbocycles. The van der Waals surface area contributed by atoms with Gasteiger partial charge >= 0.3 is 0 Å². The Morgan fingerprint density at radius 3 is 2.41 bits per heavy atom. The highest BCUT2D eigenvalue weighted by molar-refractivity contribution is 7.99. The fourth-order valence-electron chi connectivity index (χ4n) is 4.32. The van der Waals surface area contributed by atoms with E-state index in [-0.39, 0.29) is 5.91 Å². The molecule has 1 aromatic carbocycles. The summed E-state index contributed by atoms with van der Waals surface area (Å²) in [6, 6.07) is 11.2. The van der Waals surface area contributed by atoms with E-state index in [1.165, 1.54) is 30.2 Å². The van der Waals surface area contributed by atoms with Gasteiger partial charge in [-0.05, 0) is 55.9 Å². The fraction of sp³-hybridized carbons (Fsp3) is 0.609. The molecule has 5 nitrogen and oxygen atoms in total. The van der Waals surface area contributed by atoms with E-state index in [4.69, 9.17) is 4.42 Å². The molecular formula is C23H31N3O2S. The average molecular weight is 414 g/mol. The third-order valence-corrected chi connectivity index (χ3v) is 7.03. The number of carbonyl (C=O) groups is 1. The maximum Gasteiger partial charge on any atom is 0.277 e. The first-order chi connectivity index (χ1) is 14.1. The quantitative estimate of drug-likeness (QED) is 0.565. The van der Waals surface area contributed by atoms with Crippen molar-refractivity contribution in [2.75, 3.05) is 5.75 Å². The number of carbonyl (C=O) groups excluding carboxylic acids is 1. The van der Waals surface area contributed by atoms with Crippen molar-refractivity contribution in [1.29, 1.82) is 0 Å². The van der Waals surface area contributed by atoms with Crippen molar-refractivity contribution in [3.05, 3.63) is 41.8 Å². The minimum Gasteiger partial charge on any atom is -0.416 e. The summed E-state index contributed by atoms with van der Waals surface area (Å²) in [6.45, 7) is 4.48. The number of hydrogen-bond acceptors (Lipinski definition) is 5. The second-order valence-electron chi connectivity index (χ2n) is 8.71. The normalized spacial score (nSPS) is 23.0. The Kier molecular flexibility index (Phi) is 6.58. The number of nitrogens with zero attached hydrogens (tertiary/aromatic N) is 3. The van der Waals surface area contributed by atoms with Crippen LogP contribution in [-0.2, 0) is 11.2 Å². The Morgan fingerprint density at radius 1 is 1.10 bits per heavy atom. The van der Waals surface area contributed by atoms with Gasteiger partial charge in [0, 0.05) is 18.5 Å². The molecule has 29 heavy (non-hydrogen) atoms. The zero-order valence-electron chi connectivity index (χ0n) is 17.4. The van der Waals surface area contributed by atoms with Gasteiger partial charge in [0.25, 0.3) is 5.22 Å². The minimum atomic E-state index is 0.231. The molecule has 1 amide bonds. The number of aromatic nitrogens is 2. The summed E-state index contributed by atoms with van der Waals surface area (Å²) >= 11 is 1.38. The van der Waals surface area contributed by atoms with Gasteiger partial charge in [-0.25, -0.2) is 0 Å². The number of amides is 1. The standard InChI is InChI=1S/C23H31N3O2S/c1-16-8-10-19(11-9-16)26(20-12-13-20)22(27)15-29-23-25-24-21(28-23)14-17(2)18-6-4-3-5-7-18/h3-7,16-17,19-20H,8-15H2,1-2H3. The Hall–Kier alpha value is -1.82. The molecule has 156 valence electrons. The minimum absolute atomic E-state index is 0.231. The molecule has 2 aromatic rings. The van der Waals surface area contributed by atoms with E-state index in [1.807, 2.05) is 18.2 Å². The third kappa shape index (κ3) is 5.41. The lowest BCUT2D eigenvalue weighted by atomic mass is 9.86. The van der Waals surface area contributed by atoms with Crippen LogP contribution in [0, 0.1) is 5.92 Å². The lowest BCUT2D eigenvalue weighted by molar-refractivity contribution is -0.132. The van der Waals surface area contributed by atoms with Crippen LogP contribution in [0.15, 0.2) is 40.0 Å². The van der Waals surface area contributed by atoms with Gasteiger partial charge in [0.1, 0.15) is 0 Å². The molecule has 4 rings (SSSR count). The summed E-state index contributed by atoms with van der Waals surface area (Å²) in [5, 5.41) is 8.84. The number of thioether (sulfide) groups is 1. The summed E-state index contributed by atoms with van der Waals surface area (Å²) in [5.41, 5.74) is 1.26. The first-order valence-electron chi connectivity index (χ1n) is 10.9. The maximum absolute atomic E-state index is 13.0. The number of benzene rings is 1. The Bertz CT molecular complexity index is 797. The second-order valence-corrected chi connectivity index (χ2v) is 9.64. The largest absolute Gasteiger partial charge is 0.416 e. The van der Waals surface area contributed by atoms with Crippen LogP contribution in [0.5, 0.6) is 0 Å². The van der Waals surface area contributed by atoms with Gasteiger partial charge in [0.15, 0.2) is 0 Å². The summed E-state index contributed by atoms with van der Waals surface area (Å²) in [4.78, 5) is 15.2. The van der Waals surface area contributed by atoms with Crippen molar-refractivity contribution in [2.24, 2.45) is 5.92 Å². The van der Waals surface area contributed by atoms with Crippen LogP contribution >= 0.6 is 11.8 Å². The topological polar surface area (TPSA) is 59.2 Å². The van der Waals surface area contributed by atoms with E-state index in [9.17, 15) is 4.79 Å². The molecule has 6 heteroatoms. The van der Waals surface area contributed by atoms with Crippen LogP contribution in [0.2, 0.25) is 0 Å². The van der Waals surface area contributed by atoms with Crippen LogP contribution in [-0.4, -0.2) is 38.8 Å². The molecule has 0 bridgehead atoms. The molecule has 2 aliphatic rings. The lowest BCUT2D eigenvalue weighted by Gasteiger charge is -2.36. The molecule has 0 N–H and O–H groups in total. The molecule has 1 heterocycles. The second kappa shape index (κ2) is 9.33. The van der Waals surface area contributed by atoms with Gasteiger partial charge in [0.2, 0.25) is 11.8 Å². The van der Waals surface area contributed by atoms with Crippen LogP contribution < -0.4 is 0 Å². The molecule has 1 aromatic heterocycles. The number of rotatable bonds is 8. The third-order valence-electron chi connectivity index (χ3n) is 6.22. The number of hydrogen-bond donors (Lipinski definition) is 0. The van der Waals surface area contributed by atoms with Crippen LogP contribution in [0.3, 0.4) is 0 Å². The van der Waals surface area contributed by atoms with Crippen molar-refractivity contribution >= 4 is 17.7 Å². The SMILES string of the molecule is CC1CCC(N(C(=O)CSc2nnc(CC(C)c3ccccc3)o2)C2CC2)CC1. The van der Waals surface area contributed by atoms with E-state index in [0.29, 0.717) is 41.3 Å². The zero-order chi connectivity index (χ0) is 20.2. The lowest BCUT2D eigenvalue weighted by Crippen LogP contribution is -2.44. The Balaban J connectivity index is 1.30. The van der Waals surface area contributed by atoms with Crippen molar-refractivity contribution in [3.8, 4) is 0 Å². The van der Waals surface area contributed by atoms with Gasteiger partial charge in [0.05, 0.1) is 5.75 Å². The van der Waals surface area contributed by atoms with Crippen LogP contribution in [0.25, 0.3) is 0 Å². The maximum atomic E-state index is 13.0. The summed E-state index contributed by atoms with van der Waals surface area (Å²) < 4.78 is 5.81. The van der Waals surface area contributed by atoms with E-state index in [1.54, 1.807) is 0 Å². The predicted molar refractivity (Wildman–Crippen MR) is 115 cm³/mol. The van der Waals surface area contributed by atoms with Gasteiger partial charge in [-0.15, -0.1) is 10.2 Å². The molecule has 2 saturated carbocycles. The van der Waals surface area contributed by atoms with Gasteiger partial charge in [-0.1, -0.05) is 55.9 Å². The van der Waals surface area contributed by atoms with E-state index in [0.717, 1.165) is 31.6 Å². The van der Waals surface area contributed by atoms with E-state index in [2.05, 4.69) is 41.1 Å². The Morgan fingerprint density at radius 2 is 1.76 bits per heavy atom. The highest BCUT2D eigenvalue weighted by atomic mass is 32.2. The van der Waals surface area contributed by atoms with Gasteiger partial charge in [-0.3, -0.25) is 4.79 Å². The smallest absolute Gasteiger partial charge is 0.277 e. The van der Waals surface area contributed by atoms with E-state index < -0.39 is 0 Å². The molecule has 0 aliphatic heterocycles. The fourth-order valence-corrected chi connectivity index (χ4v) is 4.97. The summed E-state index contributed by atoms with van der Waals surface area (Å²) in [6.07, 6.45) is 7.79. The monoisotopic (exact) mass is 413 g/mol. The molecule has 1 atom stereocenters. The summed E-state index contributed by atoms with van der Waals surface area (Å²) in [7, 11) is 0. The molecule has 2 fully saturated rings. The van der Waals surface area contributed by atoms with Crippen LogP contribution in [0.4, 0.5) is 0 Å². The predicted octanol–water partition coefficient (Wildman–Crippen LogP) is 5.08. The first kappa shape index (κ1) is 20.5. The Labute approximate surface area is 177 Å². The van der Waals surface area contributed by atoms with E-state index >= 15 is 0 Å². The molecule has 0 spiro atoms. The van der Waals surface area contributed by atoms with Gasteiger partial charge in [-0.2, -0.15) is 0 Å². The van der Waals surface area contributed by atoms with Crippen LogP contribution in [0.1, 0.15) is 69.7 Å². The molecule has 1 unspecified atom stereocenters. The molecular weight excluding hydrogens is 382 g/mol. The highest BCUT2D eigenvalue weighted by Gasteiger charge is 2.38. The summed E-state index contributed by atoms with van der Waals surface area (Å²) in [5.74, 6) is 2.37. The van der Waals surface area contributed by atoms with Crippen molar-refractivity contribution in [2.45, 2.75) is 82.0 Å². The van der Waals surface area contributed by atoms with Crippen molar-refractivity contribution in [1.82, 2.24) is 15.1 Å². The highest BCUT2D eigenvalue weighted by Crippen LogP contribution is 2.36. The van der Waals surface area contributed by atoms with Gasteiger partial charge < -0.3 is 9.32 Å². The van der Waals surface area contributed by atoms with Crippen molar-refractivity contribution < 1.29 is 9.21 Å². The molecule has 0 radical (unpaired) electrons. The molecule has 0 saturated heterocycles. The zero-order valence-corrected chi connectivity index (χ0v) is 18.2. The first-order valence-corrected chi connectivity index (χ1v) is 11.9. The van der Waals surface area contributed by atoms with Crippen molar-refractivity contribution in [3.63, 3.8) is 0 Å². The average Bonchev–Trinajstić information content (AvgIpc) is 3.47.